The van der Waals surface area contributed by atoms with Gasteiger partial charge in [0.25, 0.3) is 0 Å². The Morgan fingerprint density at radius 1 is 1.41 bits per heavy atom. The summed E-state index contributed by atoms with van der Waals surface area (Å²) < 4.78 is 6.27. The number of alkyl halides is 1. The first-order valence-electron chi connectivity index (χ1n) is 6.20. The van der Waals surface area contributed by atoms with E-state index in [0.717, 1.165) is 29.6 Å². The van der Waals surface area contributed by atoms with Crippen molar-refractivity contribution >= 4 is 27.5 Å². The van der Waals surface area contributed by atoms with Crippen LogP contribution in [0.3, 0.4) is 0 Å². The summed E-state index contributed by atoms with van der Waals surface area (Å²) in [5, 5.41) is 1.63. The monoisotopic (exact) mass is 316 g/mol. The molecule has 0 amide bonds. The molecule has 0 bridgehead atoms. The van der Waals surface area contributed by atoms with Gasteiger partial charge in [-0.3, -0.25) is 0 Å². The Hall–Kier alpha value is -0.0500. The van der Waals surface area contributed by atoms with Crippen molar-refractivity contribution in [3.05, 3.63) is 34.9 Å². The maximum atomic E-state index is 6.27. The zero-order chi connectivity index (χ0) is 12.3. The number of rotatable bonds is 4. The lowest BCUT2D eigenvalue weighted by atomic mass is 9.92. The lowest BCUT2D eigenvalue weighted by Gasteiger charge is -2.28. The maximum absolute atomic E-state index is 6.27. The third-order valence-corrected chi connectivity index (χ3v) is 4.62. The summed E-state index contributed by atoms with van der Waals surface area (Å²) in [4.78, 5) is 0. The van der Waals surface area contributed by atoms with Crippen LogP contribution >= 0.6 is 27.5 Å². The van der Waals surface area contributed by atoms with Gasteiger partial charge in [-0.1, -0.05) is 53.0 Å². The van der Waals surface area contributed by atoms with E-state index < -0.39 is 0 Å². The standard InChI is InChI=1S/C14H18BrClO/c1-2-3-13-8-9-14(10-15,17-13)11-4-6-12(16)7-5-11/h4-7,13H,2-3,8-10H2,1H3. The third-order valence-electron chi connectivity index (χ3n) is 3.46. The fourth-order valence-electron chi connectivity index (χ4n) is 2.50. The van der Waals surface area contributed by atoms with Crippen LogP contribution in [0, 0.1) is 0 Å². The van der Waals surface area contributed by atoms with E-state index in [-0.39, 0.29) is 5.60 Å². The molecule has 1 heterocycles. The molecule has 2 unspecified atom stereocenters. The first-order valence-corrected chi connectivity index (χ1v) is 7.70. The summed E-state index contributed by atoms with van der Waals surface area (Å²) in [6, 6.07) is 8.05. The van der Waals surface area contributed by atoms with E-state index in [2.05, 4.69) is 35.0 Å². The van der Waals surface area contributed by atoms with Crippen molar-refractivity contribution in [1.29, 1.82) is 0 Å². The molecular weight excluding hydrogens is 300 g/mol. The number of ether oxygens (including phenoxy) is 1. The van der Waals surface area contributed by atoms with E-state index in [1.165, 1.54) is 12.0 Å². The van der Waals surface area contributed by atoms with E-state index in [0.29, 0.717) is 6.10 Å². The van der Waals surface area contributed by atoms with Crippen molar-refractivity contribution in [2.24, 2.45) is 0 Å². The summed E-state index contributed by atoms with van der Waals surface area (Å²) >= 11 is 9.54. The first kappa shape index (κ1) is 13.4. The van der Waals surface area contributed by atoms with Crippen LogP contribution in [0.25, 0.3) is 0 Å². The second-order valence-corrected chi connectivity index (χ2v) is 5.70. The van der Waals surface area contributed by atoms with Gasteiger partial charge in [-0.25, -0.2) is 0 Å². The third kappa shape index (κ3) is 2.86. The van der Waals surface area contributed by atoms with Gasteiger partial charge in [-0.05, 0) is 37.0 Å². The summed E-state index contributed by atoms with van der Waals surface area (Å²) in [6.07, 6.45) is 4.99. The fraction of sp³-hybridized carbons (Fsp3) is 0.571. The predicted octanol–water partition coefficient (Wildman–Crippen LogP) is 4.91. The molecule has 1 nitrogen and oxygen atoms in total. The normalized spacial score (nSPS) is 28.5. The SMILES string of the molecule is CCCC1CCC(CBr)(c2ccc(Cl)cc2)O1. The highest BCUT2D eigenvalue weighted by atomic mass is 79.9. The molecule has 2 atom stereocenters. The minimum absolute atomic E-state index is 0.148. The lowest BCUT2D eigenvalue weighted by molar-refractivity contribution is -0.0310. The van der Waals surface area contributed by atoms with Gasteiger partial charge in [-0.2, -0.15) is 0 Å². The van der Waals surface area contributed by atoms with Gasteiger partial charge >= 0.3 is 0 Å². The predicted molar refractivity (Wildman–Crippen MR) is 75.9 cm³/mol. The highest BCUT2D eigenvalue weighted by molar-refractivity contribution is 9.09. The van der Waals surface area contributed by atoms with Crippen molar-refractivity contribution < 1.29 is 4.74 Å². The summed E-state index contributed by atoms with van der Waals surface area (Å²) in [5.41, 5.74) is 1.09. The summed E-state index contributed by atoms with van der Waals surface area (Å²) in [7, 11) is 0. The van der Waals surface area contributed by atoms with Crippen molar-refractivity contribution in [1.82, 2.24) is 0 Å². The minimum atomic E-state index is -0.148. The molecule has 0 N–H and O–H groups in total. The van der Waals surface area contributed by atoms with E-state index >= 15 is 0 Å². The molecule has 1 saturated heterocycles. The second-order valence-electron chi connectivity index (χ2n) is 4.70. The summed E-state index contributed by atoms with van der Waals surface area (Å²) in [5.74, 6) is 0. The van der Waals surface area contributed by atoms with Gasteiger partial charge in [0, 0.05) is 10.4 Å². The molecule has 3 heteroatoms. The zero-order valence-electron chi connectivity index (χ0n) is 10.1. The molecular formula is C14H18BrClO. The van der Waals surface area contributed by atoms with E-state index in [1.807, 2.05) is 12.1 Å². The second kappa shape index (κ2) is 5.73. The molecule has 0 spiro atoms. The van der Waals surface area contributed by atoms with Crippen LogP contribution in [0.4, 0.5) is 0 Å². The molecule has 1 fully saturated rings. The lowest BCUT2D eigenvalue weighted by Crippen LogP contribution is -2.28. The highest BCUT2D eigenvalue weighted by Gasteiger charge is 2.40. The van der Waals surface area contributed by atoms with Gasteiger partial charge in [-0.15, -0.1) is 0 Å². The van der Waals surface area contributed by atoms with E-state index in [4.69, 9.17) is 16.3 Å². The van der Waals surface area contributed by atoms with Crippen LogP contribution in [0.1, 0.15) is 38.2 Å². The first-order chi connectivity index (χ1) is 8.20. The summed E-state index contributed by atoms with van der Waals surface area (Å²) in [6.45, 7) is 2.21. The number of halogens is 2. The Bertz CT molecular complexity index is 365. The molecule has 0 aromatic heterocycles. The van der Waals surface area contributed by atoms with Crippen molar-refractivity contribution in [2.45, 2.75) is 44.3 Å². The number of hydrogen-bond donors (Lipinski definition) is 0. The topological polar surface area (TPSA) is 9.23 Å². The molecule has 17 heavy (non-hydrogen) atoms. The van der Waals surface area contributed by atoms with Crippen LogP contribution in [0.2, 0.25) is 5.02 Å². The van der Waals surface area contributed by atoms with Crippen LogP contribution in [0.15, 0.2) is 24.3 Å². The fourth-order valence-corrected chi connectivity index (χ4v) is 3.36. The largest absolute Gasteiger partial charge is 0.366 e. The average molecular weight is 318 g/mol. The van der Waals surface area contributed by atoms with Crippen molar-refractivity contribution in [2.75, 3.05) is 5.33 Å². The highest BCUT2D eigenvalue weighted by Crippen LogP contribution is 2.42. The minimum Gasteiger partial charge on any atom is -0.366 e. The van der Waals surface area contributed by atoms with Crippen LogP contribution in [0.5, 0.6) is 0 Å². The van der Waals surface area contributed by atoms with Gasteiger partial charge in [0.05, 0.1) is 6.10 Å². The molecule has 2 rings (SSSR count). The number of benzene rings is 1. The maximum Gasteiger partial charge on any atom is 0.103 e. The Balaban J connectivity index is 2.18. The molecule has 1 aromatic rings. The van der Waals surface area contributed by atoms with E-state index in [1.54, 1.807) is 0 Å². The molecule has 1 aromatic carbocycles. The zero-order valence-corrected chi connectivity index (χ0v) is 12.4. The van der Waals surface area contributed by atoms with Gasteiger partial charge in [0.15, 0.2) is 0 Å². The van der Waals surface area contributed by atoms with E-state index in [9.17, 15) is 0 Å². The molecule has 0 saturated carbocycles. The molecule has 1 aliphatic heterocycles. The Morgan fingerprint density at radius 2 is 2.12 bits per heavy atom. The Labute approximate surface area is 117 Å². The van der Waals surface area contributed by atoms with Crippen LogP contribution in [-0.4, -0.2) is 11.4 Å². The van der Waals surface area contributed by atoms with Gasteiger partial charge in [0.1, 0.15) is 5.60 Å². The molecule has 0 aliphatic carbocycles. The van der Waals surface area contributed by atoms with Gasteiger partial charge < -0.3 is 4.74 Å². The Kier molecular flexibility index (Phi) is 4.51. The van der Waals surface area contributed by atoms with Crippen LogP contribution < -0.4 is 0 Å². The molecule has 1 aliphatic rings. The van der Waals surface area contributed by atoms with Gasteiger partial charge in [0.2, 0.25) is 0 Å². The molecule has 94 valence electrons. The molecule has 0 radical (unpaired) electrons. The van der Waals surface area contributed by atoms with Crippen molar-refractivity contribution in [3.63, 3.8) is 0 Å². The van der Waals surface area contributed by atoms with Crippen LogP contribution in [-0.2, 0) is 10.3 Å². The quantitative estimate of drug-likeness (QED) is 0.717. The number of hydrogen-bond acceptors (Lipinski definition) is 1. The Morgan fingerprint density at radius 3 is 2.71 bits per heavy atom. The average Bonchev–Trinajstić information content (AvgIpc) is 2.75. The smallest absolute Gasteiger partial charge is 0.103 e. The van der Waals surface area contributed by atoms with Crippen molar-refractivity contribution in [3.8, 4) is 0 Å².